The quantitative estimate of drug-likeness (QED) is 0.873. The Kier molecular flexibility index (Phi) is 4.54. The molecule has 2 aromatic rings. The summed E-state index contributed by atoms with van der Waals surface area (Å²) in [7, 11) is -3.63. The van der Waals surface area contributed by atoms with Crippen molar-refractivity contribution < 1.29 is 13.2 Å². The van der Waals surface area contributed by atoms with Gasteiger partial charge >= 0.3 is 0 Å². The Bertz CT molecular complexity index is 952. The lowest BCUT2D eigenvalue weighted by Crippen LogP contribution is -2.45. The topological polar surface area (TPSA) is 78.8 Å². The van der Waals surface area contributed by atoms with Crippen LogP contribution in [0.25, 0.3) is 0 Å². The van der Waals surface area contributed by atoms with E-state index in [4.69, 9.17) is 0 Å². The first-order chi connectivity index (χ1) is 12.5. The molecule has 4 rings (SSSR count). The summed E-state index contributed by atoms with van der Waals surface area (Å²) >= 11 is 1.61. The Labute approximate surface area is 156 Å². The highest BCUT2D eigenvalue weighted by Crippen LogP contribution is 2.29. The van der Waals surface area contributed by atoms with Crippen molar-refractivity contribution in [1.82, 2.24) is 10.2 Å². The SMILES string of the molecule is O=C(NCc1cccs1)[C@@H]1CCCN(C2=NS(=O)(=O)c3ccccc32)C1. The predicted octanol–water partition coefficient (Wildman–Crippen LogP) is 2.23. The molecular formula is C18H19N3O3S2. The van der Waals surface area contributed by atoms with Gasteiger partial charge in [-0.15, -0.1) is 15.7 Å². The highest BCUT2D eigenvalue weighted by molar-refractivity contribution is 7.90. The molecule has 1 aromatic carbocycles. The second-order valence-electron chi connectivity index (χ2n) is 6.47. The maximum absolute atomic E-state index is 12.5. The van der Waals surface area contributed by atoms with Crippen molar-refractivity contribution >= 4 is 33.1 Å². The summed E-state index contributed by atoms with van der Waals surface area (Å²) in [6.07, 6.45) is 1.63. The molecule has 136 valence electrons. The number of hydrogen-bond acceptors (Lipinski definition) is 5. The number of piperidine rings is 1. The molecule has 2 aliphatic heterocycles. The average Bonchev–Trinajstić information content (AvgIpc) is 3.26. The lowest BCUT2D eigenvalue weighted by Gasteiger charge is -2.33. The normalized spacial score (nSPS) is 21.2. The summed E-state index contributed by atoms with van der Waals surface area (Å²) in [5.74, 6) is 0.316. The van der Waals surface area contributed by atoms with E-state index in [0.29, 0.717) is 31.0 Å². The zero-order valence-electron chi connectivity index (χ0n) is 14.1. The van der Waals surface area contributed by atoms with E-state index in [9.17, 15) is 13.2 Å². The molecule has 1 saturated heterocycles. The molecule has 1 N–H and O–H groups in total. The van der Waals surface area contributed by atoms with Gasteiger partial charge in [-0.25, -0.2) is 0 Å². The second kappa shape index (κ2) is 6.85. The van der Waals surface area contributed by atoms with Crippen LogP contribution in [0.15, 0.2) is 51.1 Å². The number of likely N-dealkylation sites (tertiary alicyclic amines) is 1. The predicted molar refractivity (Wildman–Crippen MR) is 101 cm³/mol. The molecule has 1 fully saturated rings. The van der Waals surface area contributed by atoms with Gasteiger partial charge in [0.05, 0.1) is 12.5 Å². The summed E-state index contributed by atoms with van der Waals surface area (Å²) < 4.78 is 28.5. The summed E-state index contributed by atoms with van der Waals surface area (Å²) in [4.78, 5) is 15.8. The number of amidine groups is 1. The fourth-order valence-corrected chi connectivity index (χ4v) is 5.30. The average molecular weight is 390 g/mol. The minimum absolute atomic E-state index is 0.0119. The van der Waals surface area contributed by atoms with Crippen molar-refractivity contribution in [3.63, 3.8) is 0 Å². The summed E-state index contributed by atoms with van der Waals surface area (Å²) in [6.45, 7) is 1.72. The van der Waals surface area contributed by atoms with Crippen LogP contribution in [0.1, 0.15) is 23.3 Å². The summed E-state index contributed by atoms with van der Waals surface area (Å²) in [6, 6.07) is 10.8. The minimum Gasteiger partial charge on any atom is -0.355 e. The Balaban J connectivity index is 1.48. The van der Waals surface area contributed by atoms with Gasteiger partial charge in [0.25, 0.3) is 10.0 Å². The third-order valence-corrected chi connectivity index (χ3v) is 6.92. The van der Waals surface area contributed by atoms with Gasteiger partial charge in [-0.2, -0.15) is 8.42 Å². The molecule has 0 saturated carbocycles. The largest absolute Gasteiger partial charge is 0.355 e. The number of nitrogens with zero attached hydrogens (tertiary/aromatic N) is 2. The van der Waals surface area contributed by atoms with E-state index in [1.807, 2.05) is 28.5 Å². The van der Waals surface area contributed by atoms with Gasteiger partial charge in [0.2, 0.25) is 5.91 Å². The second-order valence-corrected chi connectivity index (χ2v) is 9.07. The van der Waals surface area contributed by atoms with Crippen LogP contribution < -0.4 is 5.32 Å². The number of hydrogen-bond donors (Lipinski definition) is 1. The van der Waals surface area contributed by atoms with Crippen LogP contribution in [0.2, 0.25) is 0 Å². The van der Waals surface area contributed by atoms with E-state index >= 15 is 0 Å². The highest BCUT2D eigenvalue weighted by atomic mass is 32.2. The van der Waals surface area contributed by atoms with Crippen LogP contribution in [0, 0.1) is 5.92 Å². The first-order valence-corrected chi connectivity index (χ1v) is 10.9. The number of rotatable bonds is 3. The van der Waals surface area contributed by atoms with E-state index in [-0.39, 0.29) is 16.7 Å². The molecule has 0 spiro atoms. The maximum atomic E-state index is 12.5. The Morgan fingerprint density at radius 1 is 1.27 bits per heavy atom. The zero-order valence-corrected chi connectivity index (χ0v) is 15.7. The first kappa shape index (κ1) is 17.2. The highest BCUT2D eigenvalue weighted by Gasteiger charge is 2.35. The number of amides is 1. The maximum Gasteiger partial charge on any atom is 0.285 e. The van der Waals surface area contributed by atoms with Gasteiger partial charge in [0.15, 0.2) is 5.84 Å². The van der Waals surface area contributed by atoms with Gasteiger partial charge in [-0.05, 0) is 36.4 Å². The summed E-state index contributed by atoms with van der Waals surface area (Å²) in [5.41, 5.74) is 0.632. The molecule has 0 unspecified atom stereocenters. The molecule has 1 aromatic heterocycles. The fraction of sp³-hybridized carbons (Fsp3) is 0.333. The van der Waals surface area contributed by atoms with Crippen LogP contribution in [-0.4, -0.2) is 38.2 Å². The van der Waals surface area contributed by atoms with Crippen LogP contribution in [0.5, 0.6) is 0 Å². The molecule has 0 aliphatic carbocycles. The van der Waals surface area contributed by atoms with E-state index in [2.05, 4.69) is 9.71 Å². The molecule has 2 aliphatic rings. The number of sulfonamides is 1. The van der Waals surface area contributed by atoms with Crippen LogP contribution >= 0.6 is 11.3 Å². The van der Waals surface area contributed by atoms with Crippen molar-refractivity contribution in [2.45, 2.75) is 24.3 Å². The van der Waals surface area contributed by atoms with Crippen molar-refractivity contribution in [3.05, 3.63) is 52.2 Å². The molecular weight excluding hydrogens is 370 g/mol. The number of benzene rings is 1. The smallest absolute Gasteiger partial charge is 0.285 e. The molecule has 0 bridgehead atoms. The van der Waals surface area contributed by atoms with E-state index in [1.165, 1.54) is 0 Å². The van der Waals surface area contributed by atoms with Gasteiger partial charge in [-0.1, -0.05) is 18.2 Å². The van der Waals surface area contributed by atoms with Crippen LogP contribution in [-0.2, 0) is 21.4 Å². The minimum atomic E-state index is -3.63. The monoisotopic (exact) mass is 389 g/mol. The van der Waals surface area contributed by atoms with E-state index in [1.54, 1.807) is 29.5 Å². The van der Waals surface area contributed by atoms with Gasteiger partial charge in [0.1, 0.15) is 4.90 Å². The first-order valence-electron chi connectivity index (χ1n) is 8.54. The number of nitrogens with one attached hydrogen (secondary N) is 1. The van der Waals surface area contributed by atoms with Crippen molar-refractivity contribution in [2.24, 2.45) is 10.3 Å². The van der Waals surface area contributed by atoms with E-state index < -0.39 is 10.0 Å². The van der Waals surface area contributed by atoms with Gasteiger partial charge < -0.3 is 10.2 Å². The number of carbonyl (C=O) groups excluding carboxylic acids is 1. The lowest BCUT2D eigenvalue weighted by atomic mass is 9.96. The third-order valence-electron chi connectivity index (χ3n) is 4.72. The van der Waals surface area contributed by atoms with Crippen LogP contribution in [0.3, 0.4) is 0 Å². The lowest BCUT2D eigenvalue weighted by molar-refractivity contribution is -0.126. The molecule has 26 heavy (non-hydrogen) atoms. The molecule has 6 nitrogen and oxygen atoms in total. The number of carbonyl (C=O) groups is 1. The van der Waals surface area contributed by atoms with Crippen molar-refractivity contribution in [1.29, 1.82) is 0 Å². The number of fused-ring (bicyclic) bond motifs is 1. The standard InChI is InChI=1S/C18H19N3O3S2/c22-18(19-11-14-6-4-10-25-14)13-5-3-9-21(12-13)17-15-7-1-2-8-16(15)26(23,24)20-17/h1-2,4,6-8,10,13H,3,5,9,11-12H2,(H,19,22)/t13-/m1/s1. The number of thiophene rings is 1. The molecule has 8 heteroatoms. The Morgan fingerprint density at radius 3 is 2.92 bits per heavy atom. The van der Waals surface area contributed by atoms with Crippen molar-refractivity contribution in [2.75, 3.05) is 13.1 Å². The van der Waals surface area contributed by atoms with E-state index in [0.717, 1.165) is 17.7 Å². The third kappa shape index (κ3) is 3.26. The van der Waals surface area contributed by atoms with Gasteiger partial charge in [-0.3, -0.25) is 4.79 Å². The fourth-order valence-electron chi connectivity index (χ4n) is 3.43. The molecule has 1 amide bonds. The molecule has 1 atom stereocenters. The Hall–Kier alpha value is -2.19. The van der Waals surface area contributed by atoms with Gasteiger partial charge in [0, 0.05) is 23.5 Å². The summed E-state index contributed by atoms with van der Waals surface area (Å²) in [5, 5.41) is 4.97. The van der Waals surface area contributed by atoms with Crippen LogP contribution in [0.4, 0.5) is 0 Å². The Morgan fingerprint density at radius 2 is 2.12 bits per heavy atom. The van der Waals surface area contributed by atoms with Crippen molar-refractivity contribution in [3.8, 4) is 0 Å². The molecule has 0 radical (unpaired) electrons. The zero-order chi connectivity index (χ0) is 18.1. The molecule has 3 heterocycles.